The molecule has 0 N–H and O–H groups in total. The van der Waals surface area contributed by atoms with Gasteiger partial charge < -0.3 is 0 Å². The third-order valence-electron chi connectivity index (χ3n) is 4.07. The molecule has 7 heteroatoms. The number of halogens is 1. The number of aromatic nitrogens is 4. The van der Waals surface area contributed by atoms with Crippen LogP contribution in [0.15, 0.2) is 35.6 Å². The van der Waals surface area contributed by atoms with Gasteiger partial charge in [0.2, 0.25) is 5.16 Å². The minimum absolute atomic E-state index is 0.0897. The maximum Gasteiger partial charge on any atom is 0.253 e. The number of benzene rings is 1. The van der Waals surface area contributed by atoms with Crippen molar-refractivity contribution < 1.29 is 4.79 Å². The van der Waals surface area contributed by atoms with Crippen LogP contribution in [0.4, 0.5) is 0 Å². The average molecular weight is 345 g/mol. The fourth-order valence-corrected chi connectivity index (χ4v) is 3.49. The molecule has 1 aliphatic carbocycles. The average Bonchev–Trinajstić information content (AvgIpc) is 2.95. The van der Waals surface area contributed by atoms with Crippen LogP contribution in [0.2, 0.25) is 5.02 Å². The zero-order chi connectivity index (χ0) is 16.0. The molecular formula is C16H13ClN4OS. The van der Waals surface area contributed by atoms with E-state index >= 15 is 0 Å². The van der Waals surface area contributed by atoms with E-state index in [4.69, 9.17) is 11.6 Å². The van der Waals surface area contributed by atoms with Crippen molar-refractivity contribution in [3.05, 3.63) is 52.3 Å². The molecule has 5 nitrogen and oxygen atoms in total. The number of Topliss-reactive ketones (excluding diaryl/α,β-unsaturated/α-hetero) is 1. The predicted molar refractivity (Wildman–Crippen MR) is 89.4 cm³/mol. The van der Waals surface area contributed by atoms with Crippen molar-refractivity contribution in [2.24, 2.45) is 0 Å². The summed E-state index contributed by atoms with van der Waals surface area (Å²) in [7, 11) is 0. The molecule has 1 aromatic carbocycles. The van der Waals surface area contributed by atoms with Crippen LogP contribution in [0.25, 0.3) is 5.78 Å². The standard InChI is InChI=1S/C16H13ClN4OS/c1-23-16-19-15-18-13-6-10(9-3-2-4-11(17)5-9)7-14(22)12(13)8-21(15)20-16/h2-5,8,10H,6-7H2,1H3. The summed E-state index contributed by atoms with van der Waals surface area (Å²) >= 11 is 7.53. The van der Waals surface area contributed by atoms with Crippen LogP contribution in [0.1, 0.15) is 34.0 Å². The van der Waals surface area contributed by atoms with Crippen LogP contribution in [0.3, 0.4) is 0 Å². The van der Waals surface area contributed by atoms with Crippen molar-refractivity contribution in [3.8, 4) is 0 Å². The van der Waals surface area contributed by atoms with Crippen molar-refractivity contribution in [1.29, 1.82) is 0 Å². The summed E-state index contributed by atoms with van der Waals surface area (Å²) in [5.41, 5.74) is 2.51. The fraction of sp³-hybridized carbons (Fsp3) is 0.250. The Morgan fingerprint density at radius 1 is 1.30 bits per heavy atom. The largest absolute Gasteiger partial charge is 0.294 e. The minimum Gasteiger partial charge on any atom is -0.294 e. The Kier molecular flexibility index (Phi) is 3.58. The summed E-state index contributed by atoms with van der Waals surface area (Å²) < 4.78 is 1.59. The second-order valence-corrected chi connectivity index (χ2v) is 6.74. The van der Waals surface area contributed by atoms with Crippen LogP contribution in [0, 0.1) is 0 Å². The maximum atomic E-state index is 12.5. The first-order valence-electron chi connectivity index (χ1n) is 7.23. The number of carbonyl (C=O) groups is 1. The van der Waals surface area contributed by atoms with Gasteiger partial charge in [-0.1, -0.05) is 35.5 Å². The van der Waals surface area contributed by atoms with E-state index in [1.165, 1.54) is 11.8 Å². The maximum absolute atomic E-state index is 12.5. The molecule has 1 aliphatic rings. The first-order chi connectivity index (χ1) is 11.1. The zero-order valence-electron chi connectivity index (χ0n) is 12.4. The van der Waals surface area contributed by atoms with Gasteiger partial charge in [-0.05, 0) is 36.3 Å². The van der Waals surface area contributed by atoms with Gasteiger partial charge in [0.25, 0.3) is 5.78 Å². The summed E-state index contributed by atoms with van der Waals surface area (Å²) in [4.78, 5) is 21.4. The van der Waals surface area contributed by atoms with Gasteiger partial charge in [0, 0.05) is 17.6 Å². The molecule has 0 fully saturated rings. The highest BCUT2D eigenvalue weighted by atomic mass is 35.5. The molecule has 0 saturated carbocycles. The number of fused-ring (bicyclic) bond motifs is 2. The topological polar surface area (TPSA) is 60.1 Å². The Balaban J connectivity index is 1.77. The molecule has 0 saturated heterocycles. The number of carbonyl (C=O) groups excluding carboxylic acids is 1. The van der Waals surface area contributed by atoms with Crippen molar-refractivity contribution in [2.75, 3.05) is 6.26 Å². The van der Waals surface area contributed by atoms with Gasteiger partial charge in [-0.2, -0.15) is 4.98 Å². The molecule has 2 heterocycles. The van der Waals surface area contributed by atoms with E-state index in [1.54, 1.807) is 10.7 Å². The number of ketones is 1. The molecule has 0 radical (unpaired) electrons. The lowest BCUT2D eigenvalue weighted by Crippen LogP contribution is -2.21. The molecule has 3 aromatic rings. The normalized spacial score (nSPS) is 17.5. The van der Waals surface area contributed by atoms with Crippen molar-refractivity contribution in [1.82, 2.24) is 19.6 Å². The first-order valence-corrected chi connectivity index (χ1v) is 8.83. The molecule has 1 unspecified atom stereocenters. The van der Waals surface area contributed by atoms with Gasteiger partial charge in [0.05, 0.1) is 11.3 Å². The monoisotopic (exact) mass is 344 g/mol. The fourth-order valence-electron chi connectivity index (χ4n) is 2.95. The van der Waals surface area contributed by atoms with E-state index < -0.39 is 0 Å². The van der Waals surface area contributed by atoms with Gasteiger partial charge in [-0.15, -0.1) is 5.10 Å². The number of nitrogens with zero attached hydrogens (tertiary/aromatic N) is 4. The quantitative estimate of drug-likeness (QED) is 0.667. The molecule has 23 heavy (non-hydrogen) atoms. The number of rotatable bonds is 2. The van der Waals surface area contributed by atoms with Crippen LogP contribution in [0.5, 0.6) is 0 Å². The molecule has 0 amide bonds. The van der Waals surface area contributed by atoms with E-state index in [9.17, 15) is 4.79 Å². The molecule has 2 aromatic heterocycles. The van der Waals surface area contributed by atoms with Crippen molar-refractivity contribution in [3.63, 3.8) is 0 Å². The zero-order valence-corrected chi connectivity index (χ0v) is 13.9. The summed E-state index contributed by atoms with van der Waals surface area (Å²) in [5.74, 6) is 0.728. The molecule has 1 atom stereocenters. The molecule has 0 bridgehead atoms. The number of hydrogen-bond donors (Lipinski definition) is 0. The Labute approximate surface area is 142 Å². The van der Waals surface area contributed by atoms with E-state index in [0.29, 0.717) is 34.4 Å². The highest BCUT2D eigenvalue weighted by Gasteiger charge is 2.28. The van der Waals surface area contributed by atoms with Gasteiger partial charge in [-0.25, -0.2) is 9.50 Å². The molecule has 0 spiro atoms. The number of thioether (sulfide) groups is 1. The van der Waals surface area contributed by atoms with Crippen LogP contribution in [-0.4, -0.2) is 31.6 Å². The molecule has 116 valence electrons. The van der Waals surface area contributed by atoms with Crippen molar-refractivity contribution >= 4 is 34.9 Å². The van der Waals surface area contributed by atoms with Crippen LogP contribution < -0.4 is 0 Å². The molecule has 4 rings (SSSR count). The van der Waals surface area contributed by atoms with E-state index in [2.05, 4.69) is 15.1 Å². The first kappa shape index (κ1) is 14.7. The lowest BCUT2D eigenvalue weighted by atomic mass is 9.82. The van der Waals surface area contributed by atoms with E-state index in [0.717, 1.165) is 11.3 Å². The minimum atomic E-state index is 0.0897. The predicted octanol–water partition coefficient (Wildman–Crippen LogP) is 3.41. The van der Waals surface area contributed by atoms with E-state index in [1.807, 2.05) is 30.5 Å². The lowest BCUT2D eigenvalue weighted by Gasteiger charge is -2.23. The Hall–Kier alpha value is -1.92. The highest BCUT2D eigenvalue weighted by molar-refractivity contribution is 7.98. The summed E-state index contributed by atoms with van der Waals surface area (Å²) in [6, 6.07) is 7.69. The molecule has 0 aliphatic heterocycles. The van der Waals surface area contributed by atoms with Gasteiger partial charge in [0.1, 0.15) is 0 Å². The highest BCUT2D eigenvalue weighted by Crippen LogP contribution is 2.33. The molecular weight excluding hydrogens is 332 g/mol. The number of hydrogen-bond acceptors (Lipinski definition) is 5. The van der Waals surface area contributed by atoms with E-state index in [-0.39, 0.29) is 11.7 Å². The SMILES string of the molecule is CSc1nc2nc3c(cn2n1)C(=O)CC(c1cccc(Cl)c1)C3. The lowest BCUT2D eigenvalue weighted by molar-refractivity contribution is 0.0962. The third-order valence-corrected chi connectivity index (χ3v) is 4.84. The van der Waals surface area contributed by atoms with Crippen molar-refractivity contribution in [2.45, 2.75) is 23.9 Å². The Bertz CT molecular complexity index is 924. The summed E-state index contributed by atoms with van der Waals surface area (Å²) in [6.45, 7) is 0. The summed E-state index contributed by atoms with van der Waals surface area (Å²) in [5, 5.41) is 5.64. The third kappa shape index (κ3) is 2.62. The Morgan fingerprint density at radius 2 is 2.17 bits per heavy atom. The van der Waals surface area contributed by atoms with Gasteiger partial charge in [0.15, 0.2) is 5.78 Å². The van der Waals surface area contributed by atoms with Gasteiger partial charge in [-0.3, -0.25) is 4.79 Å². The van der Waals surface area contributed by atoms with Crippen LogP contribution in [-0.2, 0) is 6.42 Å². The Morgan fingerprint density at radius 3 is 2.96 bits per heavy atom. The van der Waals surface area contributed by atoms with Crippen LogP contribution >= 0.6 is 23.4 Å². The second kappa shape index (κ2) is 5.62. The smallest absolute Gasteiger partial charge is 0.253 e. The van der Waals surface area contributed by atoms with Gasteiger partial charge >= 0.3 is 0 Å². The second-order valence-electron chi connectivity index (χ2n) is 5.53. The summed E-state index contributed by atoms with van der Waals surface area (Å²) in [6.07, 6.45) is 4.83.